The molecule has 0 spiro atoms. The van der Waals surface area contributed by atoms with E-state index in [-0.39, 0.29) is 17.5 Å². The number of nitrogens with zero attached hydrogens (tertiary/aromatic N) is 1. The van der Waals surface area contributed by atoms with E-state index in [0.717, 1.165) is 4.47 Å². The Kier molecular flexibility index (Phi) is 6.26. The highest BCUT2D eigenvalue weighted by molar-refractivity contribution is 9.10. The molecule has 1 aromatic carbocycles. The number of ether oxygens (including phenoxy) is 1. The topological polar surface area (TPSA) is 62.1 Å². The summed E-state index contributed by atoms with van der Waals surface area (Å²) in [5.41, 5.74) is 0.745. The number of amides is 1. The minimum atomic E-state index is -0.384. The molecule has 0 aliphatic rings. The number of carbonyl (C=O) groups excluding carboxylic acids is 1. The van der Waals surface area contributed by atoms with Gasteiger partial charge in [0, 0.05) is 16.1 Å². The first-order valence-electron chi connectivity index (χ1n) is 6.33. The average Bonchev–Trinajstić information content (AvgIpc) is 2.38. The maximum Gasteiger partial charge on any atom is 0.262 e. The Morgan fingerprint density at radius 1 is 1.55 bits per heavy atom. The second-order valence-corrected chi connectivity index (χ2v) is 5.33. The molecule has 106 valence electrons. The molecule has 0 saturated heterocycles. The first-order chi connectivity index (χ1) is 9.47. The lowest BCUT2D eigenvalue weighted by atomic mass is 10.1. The molecule has 4 nitrogen and oxygen atoms in total. The highest BCUT2D eigenvalue weighted by Gasteiger charge is 2.12. The fourth-order valence-corrected chi connectivity index (χ4v) is 1.94. The lowest BCUT2D eigenvalue weighted by Crippen LogP contribution is -2.30. The lowest BCUT2D eigenvalue weighted by Gasteiger charge is -2.09. The SMILES string of the molecule is CCOc1ccc(Br)cc1/C=C(/C#N)C(=O)NC(C)C. The molecule has 0 aliphatic carbocycles. The zero-order chi connectivity index (χ0) is 15.1. The van der Waals surface area contributed by atoms with E-state index < -0.39 is 0 Å². The van der Waals surface area contributed by atoms with Crippen molar-refractivity contribution in [2.45, 2.75) is 26.8 Å². The predicted octanol–water partition coefficient (Wildman–Crippen LogP) is 3.28. The summed E-state index contributed by atoms with van der Waals surface area (Å²) in [7, 11) is 0. The van der Waals surface area contributed by atoms with Crippen LogP contribution in [0.5, 0.6) is 5.75 Å². The van der Waals surface area contributed by atoms with Crippen molar-refractivity contribution in [3.8, 4) is 11.8 Å². The van der Waals surface area contributed by atoms with Crippen molar-refractivity contribution < 1.29 is 9.53 Å². The molecule has 0 radical (unpaired) electrons. The third-order valence-corrected chi connectivity index (χ3v) is 2.85. The number of nitrogens with one attached hydrogen (secondary N) is 1. The van der Waals surface area contributed by atoms with Crippen LogP contribution in [0, 0.1) is 11.3 Å². The Morgan fingerprint density at radius 3 is 2.80 bits per heavy atom. The summed E-state index contributed by atoms with van der Waals surface area (Å²) in [5.74, 6) is 0.255. The number of carbonyl (C=O) groups is 1. The van der Waals surface area contributed by atoms with Gasteiger partial charge in [-0.1, -0.05) is 15.9 Å². The van der Waals surface area contributed by atoms with Gasteiger partial charge in [-0.25, -0.2) is 0 Å². The lowest BCUT2D eigenvalue weighted by molar-refractivity contribution is -0.117. The van der Waals surface area contributed by atoms with E-state index in [1.54, 1.807) is 6.07 Å². The van der Waals surface area contributed by atoms with Crippen LogP contribution in [0.3, 0.4) is 0 Å². The number of benzene rings is 1. The van der Waals surface area contributed by atoms with Gasteiger partial charge in [-0.3, -0.25) is 4.79 Å². The van der Waals surface area contributed by atoms with Crippen molar-refractivity contribution in [2.75, 3.05) is 6.61 Å². The second kappa shape index (κ2) is 7.71. The molecule has 0 heterocycles. The molecular weight excluding hydrogens is 320 g/mol. The van der Waals surface area contributed by atoms with Gasteiger partial charge in [-0.2, -0.15) is 5.26 Å². The van der Waals surface area contributed by atoms with Crippen molar-refractivity contribution in [3.05, 3.63) is 33.8 Å². The number of nitriles is 1. The summed E-state index contributed by atoms with van der Waals surface area (Å²) in [6.45, 7) is 6.09. The zero-order valence-corrected chi connectivity index (χ0v) is 13.3. The Bertz CT molecular complexity index is 559. The largest absolute Gasteiger partial charge is 0.493 e. The molecule has 0 fully saturated rings. The minimum Gasteiger partial charge on any atom is -0.493 e. The molecule has 0 aliphatic heterocycles. The smallest absolute Gasteiger partial charge is 0.262 e. The minimum absolute atomic E-state index is 0.0203. The number of hydrogen-bond acceptors (Lipinski definition) is 3. The van der Waals surface area contributed by atoms with Crippen LogP contribution >= 0.6 is 15.9 Å². The second-order valence-electron chi connectivity index (χ2n) is 4.41. The van der Waals surface area contributed by atoms with E-state index in [9.17, 15) is 4.79 Å². The summed E-state index contributed by atoms with van der Waals surface area (Å²) in [6.07, 6.45) is 1.54. The summed E-state index contributed by atoms with van der Waals surface area (Å²) >= 11 is 3.37. The normalized spacial score (nSPS) is 11.1. The average molecular weight is 337 g/mol. The van der Waals surface area contributed by atoms with Crippen LogP contribution < -0.4 is 10.1 Å². The fourth-order valence-electron chi connectivity index (χ4n) is 1.56. The Hall–Kier alpha value is -1.80. The molecule has 0 saturated carbocycles. The van der Waals surface area contributed by atoms with Crippen LogP contribution in [0.2, 0.25) is 0 Å². The van der Waals surface area contributed by atoms with Gasteiger partial charge < -0.3 is 10.1 Å². The van der Waals surface area contributed by atoms with Crippen LogP contribution in [-0.2, 0) is 4.79 Å². The summed E-state index contributed by atoms with van der Waals surface area (Å²) in [6, 6.07) is 7.36. The van der Waals surface area contributed by atoms with E-state index in [1.807, 2.05) is 39.0 Å². The number of halogens is 1. The van der Waals surface area contributed by atoms with Crippen molar-refractivity contribution in [3.63, 3.8) is 0 Å². The van der Waals surface area contributed by atoms with Gasteiger partial charge in [0.15, 0.2) is 0 Å². The monoisotopic (exact) mass is 336 g/mol. The molecule has 0 unspecified atom stereocenters. The Labute approximate surface area is 127 Å². The molecule has 5 heteroatoms. The van der Waals surface area contributed by atoms with Gasteiger partial charge in [0.2, 0.25) is 0 Å². The van der Waals surface area contributed by atoms with Gasteiger partial charge in [0.25, 0.3) is 5.91 Å². The van der Waals surface area contributed by atoms with Gasteiger partial charge in [0.05, 0.1) is 6.61 Å². The van der Waals surface area contributed by atoms with Crippen LogP contribution in [0.15, 0.2) is 28.2 Å². The van der Waals surface area contributed by atoms with Crippen molar-refractivity contribution in [2.24, 2.45) is 0 Å². The molecule has 1 N–H and O–H groups in total. The van der Waals surface area contributed by atoms with Crippen LogP contribution in [0.1, 0.15) is 26.3 Å². The quantitative estimate of drug-likeness (QED) is 0.662. The highest BCUT2D eigenvalue weighted by Crippen LogP contribution is 2.25. The molecule has 1 amide bonds. The predicted molar refractivity (Wildman–Crippen MR) is 82.2 cm³/mol. The molecule has 20 heavy (non-hydrogen) atoms. The molecule has 1 rings (SSSR count). The number of rotatable bonds is 5. The standard InChI is InChI=1S/C15H17BrN2O2/c1-4-20-14-6-5-13(16)8-11(14)7-12(9-17)15(19)18-10(2)3/h5-8,10H,4H2,1-3H3,(H,18,19)/b12-7-. The van der Waals surface area contributed by atoms with Gasteiger partial charge >= 0.3 is 0 Å². The molecule has 1 aromatic rings. The third-order valence-electron chi connectivity index (χ3n) is 2.36. The van der Waals surface area contributed by atoms with E-state index in [1.165, 1.54) is 6.08 Å². The zero-order valence-electron chi connectivity index (χ0n) is 11.7. The van der Waals surface area contributed by atoms with E-state index >= 15 is 0 Å². The van der Waals surface area contributed by atoms with Gasteiger partial charge in [-0.05, 0) is 45.0 Å². The summed E-state index contributed by atoms with van der Waals surface area (Å²) in [4.78, 5) is 11.9. The molecular formula is C15H17BrN2O2. The van der Waals surface area contributed by atoms with E-state index in [0.29, 0.717) is 17.9 Å². The van der Waals surface area contributed by atoms with Gasteiger partial charge in [0.1, 0.15) is 17.4 Å². The Morgan fingerprint density at radius 2 is 2.25 bits per heavy atom. The fraction of sp³-hybridized carbons (Fsp3) is 0.333. The van der Waals surface area contributed by atoms with E-state index in [2.05, 4.69) is 21.2 Å². The third kappa shape index (κ3) is 4.71. The Balaban J connectivity index is 3.15. The first kappa shape index (κ1) is 16.3. The van der Waals surface area contributed by atoms with E-state index in [4.69, 9.17) is 10.00 Å². The molecule has 0 atom stereocenters. The first-order valence-corrected chi connectivity index (χ1v) is 7.12. The summed E-state index contributed by atoms with van der Waals surface area (Å²) < 4.78 is 6.35. The van der Waals surface area contributed by atoms with Crippen LogP contribution in [0.4, 0.5) is 0 Å². The van der Waals surface area contributed by atoms with Crippen LogP contribution in [0.25, 0.3) is 6.08 Å². The molecule has 0 aromatic heterocycles. The maximum atomic E-state index is 11.9. The summed E-state index contributed by atoms with van der Waals surface area (Å²) in [5, 5.41) is 11.8. The van der Waals surface area contributed by atoms with Crippen molar-refractivity contribution in [1.29, 1.82) is 5.26 Å². The number of hydrogen-bond donors (Lipinski definition) is 1. The maximum absolute atomic E-state index is 11.9. The molecule has 0 bridgehead atoms. The van der Waals surface area contributed by atoms with Crippen molar-refractivity contribution in [1.82, 2.24) is 5.32 Å². The highest BCUT2D eigenvalue weighted by atomic mass is 79.9. The van der Waals surface area contributed by atoms with Crippen molar-refractivity contribution >= 4 is 27.9 Å². The van der Waals surface area contributed by atoms with Crippen LogP contribution in [-0.4, -0.2) is 18.6 Å². The van der Waals surface area contributed by atoms with Gasteiger partial charge in [-0.15, -0.1) is 0 Å².